The molecule has 82 valence electrons. The van der Waals surface area contributed by atoms with Gasteiger partial charge in [0.2, 0.25) is 0 Å². The number of nitro groups is 1. The van der Waals surface area contributed by atoms with Gasteiger partial charge in [-0.3, -0.25) is 10.1 Å². The zero-order chi connectivity index (χ0) is 11.6. The van der Waals surface area contributed by atoms with Crippen LogP contribution >= 0.6 is 0 Å². The Kier molecular flexibility index (Phi) is 2.83. The van der Waals surface area contributed by atoms with Gasteiger partial charge in [0.1, 0.15) is 5.56 Å². The van der Waals surface area contributed by atoms with E-state index in [0.717, 1.165) is 19.2 Å². The quantitative estimate of drug-likeness (QED) is 0.569. The zero-order valence-electron chi connectivity index (χ0n) is 7.54. The molecular weight excluding hydrogens is 215 g/mol. The highest BCUT2D eigenvalue weighted by Gasteiger charge is 2.40. The molecule has 0 bridgehead atoms. The molecule has 0 N–H and O–H groups in total. The topological polar surface area (TPSA) is 52.4 Å². The van der Waals surface area contributed by atoms with Crippen LogP contribution in [0.1, 0.15) is 5.56 Å². The van der Waals surface area contributed by atoms with Crippen LogP contribution in [0.5, 0.6) is 5.75 Å². The summed E-state index contributed by atoms with van der Waals surface area (Å²) in [5.74, 6) is -0.408. The maximum absolute atomic E-state index is 12.4. The Morgan fingerprint density at radius 1 is 1.40 bits per heavy atom. The molecule has 0 radical (unpaired) electrons. The summed E-state index contributed by atoms with van der Waals surface area (Å²) < 4.78 is 41.6. The molecule has 1 aromatic carbocycles. The third kappa shape index (κ3) is 2.17. The molecule has 0 fully saturated rings. The molecule has 0 heterocycles. The summed E-state index contributed by atoms with van der Waals surface area (Å²) in [5.41, 5.74) is -2.38. The average molecular weight is 221 g/mol. The first-order valence-electron chi connectivity index (χ1n) is 3.76. The number of benzene rings is 1. The molecule has 7 heteroatoms. The minimum absolute atomic E-state index is 0.408. The summed E-state index contributed by atoms with van der Waals surface area (Å²) >= 11 is 0. The summed E-state index contributed by atoms with van der Waals surface area (Å²) in [6.45, 7) is 0. The highest BCUT2D eigenvalue weighted by molar-refractivity contribution is 5.53. The van der Waals surface area contributed by atoms with E-state index in [-0.39, 0.29) is 0 Å². The molecule has 0 spiro atoms. The van der Waals surface area contributed by atoms with Crippen LogP contribution in [-0.4, -0.2) is 12.0 Å². The van der Waals surface area contributed by atoms with Crippen molar-refractivity contribution in [3.05, 3.63) is 33.9 Å². The van der Waals surface area contributed by atoms with E-state index >= 15 is 0 Å². The summed E-state index contributed by atoms with van der Waals surface area (Å²) in [6, 6.07) is 2.79. The van der Waals surface area contributed by atoms with Crippen LogP contribution in [0.25, 0.3) is 0 Å². The summed E-state index contributed by atoms with van der Waals surface area (Å²) in [4.78, 5) is 9.36. The van der Waals surface area contributed by atoms with Crippen LogP contribution in [0.4, 0.5) is 18.9 Å². The lowest BCUT2D eigenvalue weighted by Gasteiger charge is -2.09. The molecule has 15 heavy (non-hydrogen) atoms. The van der Waals surface area contributed by atoms with E-state index in [2.05, 4.69) is 4.74 Å². The maximum Gasteiger partial charge on any atom is 0.423 e. The Hall–Kier alpha value is -1.79. The molecule has 0 amide bonds. The third-order valence-electron chi connectivity index (χ3n) is 1.71. The number of halogens is 3. The standard InChI is InChI=1S/C8H6F3NO3/c1-15-6-4-2-3-5(8(9,10)11)7(6)12(13)14/h2-4H,1H3. The number of methoxy groups -OCH3 is 1. The number of nitrogens with zero attached hydrogens (tertiary/aromatic N) is 1. The smallest absolute Gasteiger partial charge is 0.423 e. The second-order valence-corrected chi connectivity index (χ2v) is 2.61. The van der Waals surface area contributed by atoms with Crippen LogP contribution in [0.15, 0.2) is 18.2 Å². The Morgan fingerprint density at radius 2 is 2.00 bits per heavy atom. The number of ether oxygens (including phenoxy) is 1. The first kappa shape index (κ1) is 11.3. The number of hydrogen-bond acceptors (Lipinski definition) is 3. The van der Waals surface area contributed by atoms with Crippen LogP contribution < -0.4 is 4.74 Å². The molecule has 0 saturated heterocycles. The molecule has 4 nitrogen and oxygen atoms in total. The largest absolute Gasteiger partial charge is 0.490 e. The van der Waals surface area contributed by atoms with Gasteiger partial charge in [0, 0.05) is 0 Å². The van der Waals surface area contributed by atoms with Crippen LogP contribution in [-0.2, 0) is 6.18 Å². The normalized spacial score (nSPS) is 11.2. The molecule has 1 aromatic rings. The first-order chi connectivity index (χ1) is 6.88. The molecule has 0 aliphatic heterocycles. The summed E-state index contributed by atoms with van der Waals surface area (Å²) in [6.07, 6.45) is -4.77. The van der Waals surface area contributed by atoms with E-state index in [1.54, 1.807) is 0 Å². The van der Waals surface area contributed by atoms with E-state index in [4.69, 9.17) is 0 Å². The van der Waals surface area contributed by atoms with Gasteiger partial charge in [-0.1, -0.05) is 6.07 Å². The minimum Gasteiger partial charge on any atom is -0.490 e. The van der Waals surface area contributed by atoms with Crippen molar-refractivity contribution in [1.82, 2.24) is 0 Å². The van der Waals surface area contributed by atoms with Crippen LogP contribution in [0.3, 0.4) is 0 Å². The van der Waals surface area contributed by atoms with Crippen molar-refractivity contribution < 1.29 is 22.8 Å². The molecule has 0 aromatic heterocycles. The molecule has 0 unspecified atom stereocenters. The predicted octanol–water partition coefficient (Wildman–Crippen LogP) is 2.62. The monoisotopic (exact) mass is 221 g/mol. The van der Waals surface area contributed by atoms with E-state index in [1.165, 1.54) is 0 Å². The fraction of sp³-hybridized carbons (Fsp3) is 0.250. The van der Waals surface area contributed by atoms with Gasteiger partial charge in [0.25, 0.3) is 0 Å². The van der Waals surface area contributed by atoms with Gasteiger partial charge in [0.15, 0.2) is 5.75 Å². The highest BCUT2D eigenvalue weighted by atomic mass is 19.4. The summed E-state index contributed by atoms with van der Waals surface area (Å²) in [7, 11) is 1.07. The van der Waals surface area contributed by atoms with Gasteiger partial charge in [-0.2, -0.15) is 13.2 Å². The second-order valence-electron chi connectivity index (χ2n) is 2.61. The molecular formula is C8H6F3NO3. The van der Waals surface area contributed by atoms with Crippen LogP contribution in [0, 0.1) is 10.1 Å². The predicted molar refractivity (Wildman–Crippen MR) is 44.7 cm³/mol. The number of alkyl halides is 3. The van der Waals surface area contributed by atoms with Gasteiger partial charge in [0.05, 0.1) is 12.0 Å². The molecule has 0 aliphatic rings. The lowest BCUT2D eigenvalue weighted by molar-refractivity contribution is -0.389. The van der Waals surface area contributed by atoms with E-state index in [1.807, 2.05) is 0 Å². The van der Waals surface area contributed by atoms with Gasteiger partial charge < -0.3 is 4.74 Å². The van der Waals surface area contributed by atoms with E-state index < -0.39 is 28.1 Å². The van der Waals surface area contributed by atoms with E-state index in [9.17, 15) is 23.3 Å². The maximum atomic E-state index is 12.4. The number of hydrogen-bond donors (Lipinski definition) is 0. The van der Waals surface area contributed by atoms with Crippen molar-refractivity contribution in [2.75, 3.05) is 7.11 Å². The lowest BCUT2D eigenvalue weighted by Crippen LogP contribution is -2.09. The van der Waals surface area contributed by atoms with Gasteiger partial charge in [-0.15, -0.1) is 0 Å². The Bertz CT molecular complexity index is 389. The second kappa shape index (κ2) is 3.76. The number of nitro benzene ring substituents is 1. The summed E-state index contributed by atoms with van der Waals surface area (Å²) in [5, 5.41) is 10.5. The Morgan fingerprint density at radius 3 is 2.40 bits per heavy atom. The van der Waals surface area contributed by atoms with E-state index in [0.29, 0.717) is 6.07 Å². The molecule has 0 atom stereocenters. The fourth-order valence-corrected chi connectivity index (χ4v) is 1.10. The lowest BCUT2D eigenvalue weighted by atomic mass is 10.1. The molecule has 0 saturated carbocycles. The van der Waals surface area contributed by atoms with Crippen molar-refractivity contribution in [3.8, 4) is 5.75 Å². The molecule has 0 aliphatic carbocycles. The van der Waals surface area contributed by atoms with Gasteiger partial charge in [-0.25, -0.2) is 0 Å². The average Bonchev–Trinajstić information content (AvgIpc) is 2.15. The van der Waals surface area contributed by atoms with Gasteiger partial charge in [-0.05, 0) is 12.1 Å². The SMILES string of the molecule is COc1cccc(C(F)(F)F)c1[N+](=O)[O-]. The van der Waals surface area contributed by atoms with Gasteiger partial charge >= 0.3 is 11.9 Å². The number of rotatable bonds is 2. The van der Waals surface area contributed by atoms with Crippen molar-refractivity contribution in [2.24, 2.45) is 0 Å². The number of para-hydroxylation sites is 1. The minimum atomic E-state index is -4.77. The fourth-order valence-electron chi connectivity index (χ4n) is 1.10. The highest BCUT2D eigenvalue weighted by Crippen LogP contribution is 2.40. The Labute approximate surface area is 82.4 Å². The first-order valence-corrected chi connectivity index (χ1v) is 3.76. The zero-order valence-corrected chi connectivity index (χ0v) is 7.54. The Balaban J connectivity index is 3.46. The third-order valence-corrected chi connectivity index (χ3v) is 1.71. The molecule has 1 rings (SSSR count). The van der Waals surface area contributed by atoms with Crippen LogP contribution in [0.2, 0.25) is 0 Å². The van der Waals surface area contributed by atoms with Crippen molar-refractivity contribution in [1.29, 1.82) is 0 Å². The van der Waals surface area contributed by atoms with Crippen molar-refractivity contribution in [2.45, 2.75) is 6.18 Å². The van der Waals surface area contributed by atoms with Crippen molar-refractivity contribution >= 4 is 5.69 Å². The van der Waals surface area contributed by atoms with Crippen molar-refractivity contribution in [3.63, 3.8) is 0 Å².